The van der Waals surface area contributed by atoms with Crippen molar-refractivity contribution in [1.29, 1.82) is 0 Å². The van der Waals surface area contributed by atoms with Gasteiger partial charge in [-0.25, -0.2) is 4.39 Å². The van der Waals surface area contributed by atoms with E-state index in [0.29, 0.717) is 18.7 Å². The van der Waals surface area contributed by atoms with Crippen LogP contribution in [0.15, 0.2) is 18.2 Å². The maximum absolute atomic E-state index is 13.1. The number of nitrogens with zero attached hydrogens (tertiary/aromatic N) is 1. The van der Waals surface area contributed by atoms with Gasteiger partial charge in [-0.05, 0) is 11.6 Å². The van der Waals surface area contributed by atoms with Crippen LogP contribution < -0.4 is 0 Å². The van der Waals surface area contributed by atoms with E-state index in [0.717, 1.165) is 12.0 Å². The van der Waals surface area contributed by atoms with E-state index in [-0.39, 0.29) is 5.82 Å². The summed E-state index contributed by atoms with van der Waals surface area (Å²) in [6.07, 6.45) is 0.749. The second-order valence-corrected chi connectivity index (χ2v) is 2.89. The molecule has 0 aromatic heterocycles. The van der Waals surface area contributed by atoms with Crippen molar-refractivity contribution in [1.82, 2.24) is 4.90 Å². The van der Waals surface area contributed by atoms with E-state index >= 15 is 0 Å². The molecule has 1 aromatic rings. The molecule has 0 saturated heterocycles. The maximum Gasteiger partial charge on any atom is 0.210 e. The highest BCUT2D eigenvalue weighted by Gasteiger charge is 2.19. The summed E-state index contributed by atoms with van der Waals surface area (Å²) in [4.78, 5) is 11.9. The third kappa shape index (κ3) is 0.978. The van der Waals surface area contributed by atoms with Crippen molar-refractivity contribution in [3.8, 4) is 0 Å². The molecule has 0 bridgehead atoms. The summed E-state index contributed by atoms with van der Waals surface area (Å²) in [6.45, 7) is 0.947. The third-order valence-corrected chi connectivity index (χ3v) is 2.10. The fourth-order valence-electron chi connectivity index (χ4n) is 1.48. The van der Waals surface area contributed by atoms with Gasteiger partial charge in [0.1, 0.15) is 5.82 Å². The molecule has 0 atom stereocenters. The lowest BCUT2D eigenvalue weighted by Crippen LogP contribution is -2.12. The highest BCUT2D eigenvalue weighted by atomic mass is 19.1. The molecule has 1 heterocycles. The summed E-state index contributed by atoms with van der Waals surface area (Å²) >= 11 is 0. The van der Waals surface area contributed by atoms with Gasteiger partial charge < -0.3 is 4.90 Å². The van der Waals surface area contributed by atoms with E-state index < -0.39 is 0 Å². The number of hydrogen-bond donors (Lipinski definition) is 0. The Kier molecular flexibility index (Phi) is 1.57. The Morgan fingerprint density at radius 1 is 1.42 bits per heavy atom. The quantitative estimate of drug-likeness (QED) is 0.574. The van der Waals surface area contributed by atoms with Gasteiger partial charge >= 0.3 is 0 Å². The Morgan fingerprint density at radius 2 is 2.25 bits per heavy atom. The fourth-order valence-corrected chi connectivity index (χ4v) is 1.48. The first-order chi connectivity index (χ1) is 5.81. The molecule has 2 nitrogen and oxygen atoms in total. The number of carbonyl (C=O) groups excluding carboxylic acids is 1. The smallest absolute Gasteiger partial charge is 0.210 e. The highest BCUT2D eigenvalue weighted by molar-refractivity contribution is 5.51. The van der Waals surface area contributed by atoms with Gasteiger partial charge in [0.25, 0.3) is 0 Å². The number of fused-ring (bicyclic) bond motifs is 1. The van der Waals surface area contributed by atoms with Gasteiger partial charge in [-0.15, -0.1) is 0 Å². The van der Waals surface area contributed by atoms with Crippen molar-refractivity contribution in [3.63, 3.8) is 0 Å². The van der Waals surface area contributed by atoms with Crippen molar-refractivity contribution in [2.75, 3.05) is 0 Å². The zero-order valence-electron chi connectivity index (χ0n) is 6.46. The van der Waals surface area contributed by atoms with E-state index in [9.17, 15) is 9.18 Å². The standard InChI is InChI=1S/C9H8FNO/c10-9-3-1-2-7-4-11(6-12)5-8(7)9/h1-3,6H,4-5H2. The molecule has 12 heavy (non-hydrogen) atoms. The summed E-state index contributed by atoms with van der Waals surface area (Å²) in [5.41, 5.74) is 1.58. The Morgan fingerprint density at radius 3 is 2.92 bits per heavy atom. The molecule has 0 saturated carbocycles. The average Bonchev–Trinajstić information content (AvgIpc) is 2.49. The van der Waals surface area contributed by atoms with Gasteiger partial charge in [0, 0.05) is 18.7 Å². The van der Waals surface area contributed by atoms with Crippen LogP contribution in [0.3, 0.4) is 0 Å². The van der Waals surface area contributed by atoms with E-state index in [1.165, 1.54) is 6.07 Å². The second-order valence-electron chi connectivity index (χ2n) is 2.89. The molecule has 1 amide bonds. The van der Waals surface area contributed by atoms with E-state index in [2.05, 4.69) is 0 Å². The lowest BCUT2D eigenvalue weighted by Gasteiger charge is -2.04. The van der Waals surface area contributed by atoms with Crippen LogP contribution >= 0.6 is 0 Å². The summed E-state index contributed by atoms with van der Waals surface area (Å²) in [5.74, 6) is -0.211. The van der Waals surface area contributed by atoms with Crippen LogP contribution in [0.5, 0.6) is 0 Å². The van der Waals surface area contributed by atoms with Crippen molar-refractivity contribution in [2.24, 2.45) is 0 Å². The van der Waals surface area contributed by atoms with Crippen LogP contribution in [0.4, 0.5) is 4.39 Å². The molecule has 0 spiro atoms. The van der Waals surface area contributed by atoms with Crippen LogP contribution in [-0.4, -0.2) is 11.3 Å². The highest BCUT2D eigenvalue weighted by Crippen LogP contribution is 2.23. The molecular formula is C9H8FNO. The van der Waals surface area contributed by atoms with Crippen LogP contribution in [0, 0.1) is 5.82 Å². The predicted octanol–water partition coefficient (Wildman–Crippen LogP) is 1.30. The minimum atomic E-state index is -0.211. The molecule has 1 aromatic carbocycles. The maximum atomic E-state index is 13.1. The van der Waals surface area contributed by atoms with Gasteiger partial charge in [-0.3, -0.25) is 4.79 Å². The molecule has 0 N–H and O–H groups in total. The summed E-state index contributed by atoms with van der Waals surface area (Å²) in [5, 5.41) is 0. The Bertz CT molecular complexity index is 324. The average molecular weight is 165 g/mol. The summed E-state index contributed by atoms with van der Waals surface area (Å²) < 4.78 is 13.1. The summed E-state index contributed by atoms with van der Waals surface area (Å²) in [6, 6.07) is 4.94. The molecule has 0 aliphatic carbocycles. The van der Waals surface area contributed by atoms with Crippen molar-refractivity contribution >= 4 is 6.41 Å². The normalized spacial score (nSPS) is 14.6. The van der Waals surface area contributed by atoms with E-state index in [1.54, 1.807) is 11.0 Å². The van der Waals surface area contributed by atoms with Crippen LogP contribution in [0.2, 0.25) is 0 Å². The monoisotopic (exact) mass is 165 g/mol. The lowest BCUT2D eigenvalue weighted by atomic mass is 10.1. The van der Waals surface area contributed by atoms with Crippen molar-refractivity contribution in [2.45, 2.75) is 13.1 Å². The molecule has 1 aliphatic heterocycles. The van der Waals surface area contributed by atoms with E-state index in [4.69, 9.17) is 0 Å². The molecular weight excluding hydrogens is 157 g/mol. The SMILES string of the molecule is O=CN1Cc2cccc(F)c2C1. The van der Waals surface area contributed by atoms with Crippen LogP contribution in [0.25, 0.3) is 0 Å². The van der Waals surface area contributed by atoms with Gasteiger partial charge in [0.2, 0.25) is 6.41 Å². The lowest BCUT2D eigenvalue weighted by molar-refractivity contribution is -0.118. The number of hydrogen-bond acceptors (Lipinski definition) is 1. The first-order valence-corrected chi connectivity index (χ1v) is 3.77. The predicted molar refractivity (Wildman–Crippen MR) is 41.7 cm³/mol. The Labute approximate surface area is 69.6 Å². The Balaban J connectivity index is 2.41. The first-order valence-electron chi connectivity index (χ1n) is 3.77. The van der Waals surface area contributed by atoms with Gasteiger partial charge in [0.05, 0.1) is 0 Å². The van der Waals surface area contributed by atoms with Crippen molar-refractivity contribution in [3.05, 3.63) is 35.1 Å². The zero-order chi connectivity index (χ0) is 8.55. The number of benzene rings is 1. The molecule has 3 heteroatoms. The summed E-state index contributed by atoms with van der Waals surface area (Å²) in [7, 11) is 0. The fraction of sp³-hybridized carbons (Fsp3) is 0.222. The Hall–Kier alpha value is -1.38. The number of halogens is 1. The minimum Gasteiger partial charge on any atom is -0.336 e. The van der Waals surface area contributed by atoms with Gasteiger partial charge in [-0.1, -0.05) is 12.1 Å². The molecule has 0 unspecified atom stereocenters. The minimum absolute atomic E-state index is 0.211. The topological polar surface area (TPSA) is 20.3 Å². The first kappa shape index (κ1) is 7.28. The third-order valence-electron chi connectivity index (χ3n) is 2.10. The van der Waals surface area contributed by atoms with Gasteiger partial charge in [0.15, 0.2) is 0 Å². The second kappa shape index (κ2) is 2.59. The molecule has 0 fully saturated rings. The number of carbonyl (C=O) groups is 1. The molecule has 62 valence electrons. The molecule has 0 radical (unpaired) electrons. The van der Waals surface area contributed by atoms with Crippen LogP contribution in [-0.2, 0) is 17.9 Å². The molecule has 1 aliphatic rings. The zero-order valence-corrected chi connectivity index (χ0v) is 6.46. The van der Waals surface area contributed by atoms with E-state index in [1.807, 2.05) is 6.07 Å². The number of amides is 1. The van der Waals surface area contributed by atoms with Crippen LogP contribution in [0.1, 0.15) is 11.1 Å². The largest absolute Gasteiger partial charge is 0.336 e. The molecule has 2 rings (SSSR count). The van der Waals surface area contributed by atoms with Gasteiger partial charge in [-0.2, -0.15) is 0 Å². The van der Waals surface area contributed by atoms with Crippen molar-refractivity contribution < 1.29 is 9.18 Å². The number of rotatable bonds is 1.